The average Bonchev–Trinajstić information content (AvgIpc) is 3.00. The highest BCUT2D eigenvalue weighted by atomic mass is 16.5. The summed E-state index contributed by atoms with van der Waals surface area (Å²) in [5.74, 6) is 0.834. The standard InChI is InChI=1S/C26H36N2O2/c1-26(2,3)23-10-6-7-11-24(23)30-19-16-27-25(29)22-14-12-21(13-15-22)20-28-17-8-4-5-9-18-28/h6-7,10-15H,4-5,8-9,16-20H2,1-3H3,(H,27,29). The van der Waals surface area contributed by atoms with Crippen LogP contribution in [0.25, 0.3) is 0 Å². The first-order valence-electron chi connectivity index (χ1n) is 11.3. The molecule has 4 heteroatoms. The third-order valence-electron chi connectivity index (χ3n) is 5.66. The molecule has 2 aromatic rings. The van der Waals surface area contributed by atoms with Crippen molar-refractivity contribution in [2.75, 3.05) is 26.2 Å². The lowest BCUT2D eigenvalue weighted by atomic mass is 9.86. The summed E-state index contributed by atoms with van der Waals surface area (Å²) in [5.41, 5.74) is 3.17. The smallest absolute Gasteiger partial charge is 0.251 e. The summed E-state index contributed by atoms with van der Waals surface area (Å²) in [6.07, 6.45) is 5.29. The second kappa shape index (κ2) is 10.6. The minimum atomic E-state index is -0.0518. The zero-order valence-corrected chi connectivity index (χ0v) is 18.7. The molecule has 1 heterocycles. The van der Waals surface area contributed by atoms with E-state index in [-0.39, 0.29) is 11.3 Å². The van der Waals surface area contributed by atoms with Crippen LogP contribution >= 0.6 is 0 Å². The lowest BCUT2D eigenvalue weighted by molar-refractivity contribution is 0.0946. The fourth-order valence-electron chi connectivity index (χ4n) is 3.95. The number of nitrogens with zero attached hydrogens (tertiary/aromatic N) is 1. The minimum absolute atomic E-state index is 0.0227. The average molecular weight is 409 g/mol. The lowest BCUT2D eigenvalue weighted by Gasteiger charge is -2.22. The number of carbonyl (C=O) groups excluding carboxylic acids is 1. The van der Waals surface area contributed by atoms with Crippen molar-refractivity contribution >= 4 is 5.91 Å². The Morgan fingerprint density at radius 3 is 2.30 bits per heavy atom. The van der Waals surface area contributed by atoms with E-state index in [4.69, 9.17) is 4.74 Å². The molecule has 0 spiro atoms. The molecule has 0 aliphatic carbocycles. The third kappa shape index (κ3) is 6.60. The Morgan fingerprint density at radius 1 is 0.967 bits per heavy atom. The number of hydrogen-bond donors (Lipinski definition) is 1. The Balaban J connectivity index is 1.45. The number of nitrogens with one attached hydrogen (secondary N) is 1. The highest BCUT2D eigenvalue weighted by Crippen LogP contribution is 2.30. The summed E-state index contributed by atoms with van der Waals surface area (Å²) in [4.78, 5) is 15.0. The van der Waals surface area contributed by atoms with Gasteiger partial charge in [0.05, 0.1) is 6.54 Å². The molecule has 1 fully saturated rings. The van der Waals surface area contributed by atoms with Crippen LogP contribution in [0.4, 0.5) is 0 Å². The molecule has 1 aliphatic rings. The van der Waals surface area contributed by atoms with E-state index in [1.807, 2.05) is 30.3 Å². The molecule has 1 saturated heterocycles. The molecular weight excluding hydrogens is 372 g/mol. The quantitative estimate of drug-likeness (QED) is 0.643. The monoisotopic (exact) mass is 408 g/mol. The molecule has 3 rings (SSSR count). The summed E-state index contributed by atoms with van der Waals surface area (Å²) in [5, 5.41) is 2.96. The van der Waals surface area contributed by atoms with Crippen molar-refractivity contribution in [3.05, 3.63) is 65.2 Å². The van der Waals surface area contributed by atoms with Crippen molar-refractivity contribution in [1.29, 1.82) is 0 Å². The number of rotatable bonds is 7. The maximum Gasteiger partial charge on any atom is 0.251 e. The van der Waals surface area contributed by atoms with Crippen LogP contribution in [0.2, 0.25) is 0 Å². The summed E-state index contributed by atoms with van der Waals surface area (Å²) >= 11 is 0. The number of amides is 1. The van der Waals surface area contributed by atoms with Gasteiger partial charge in [0.25, 0.3) is 5.91 Å². The van der Waals surface area contributed by atoms with Crippen molar-refractivity contribution in [3.63, 3.8) is 0 Å². The second-order valence-electron chi connectivity index (χ2n) is 9.24. The van der Waals surface area contributed by atoms with Gasteiger partial charge in [-0.15, -0.1) is 0 Å². The molecule has 4 nitrogen and oxygen atoms in total. The molecule has 2 aromatic carbocycles. The zero-order chi connectivity index (χ0) is 21.4. The van der Waals surface area contributed by atoms with Gasteiger partial charge in [0.2, 0.25) is 0 Å². The number of ether oxygens (including phenoxy) is 1. The summed E-state index contributed by atoms with van der Waals surface area (Å²) in [7, 11) is 0. The Hall–Kier alpha value is -2.33. The first kappa shape index (κ1) is 22.4. The van der Waals surface area contributed by atoms with Crippen LogP contribution < -0.4 is 10.1 Å². The Morgan fingerprint density at radius 2 is 1.63 bits per heavy atom. The van der Waals surface area contributed by atoms with E-state index >= 15 is 0 Å². The Kier molecular flexibility index (Phi) is 7.92. The van der Waals surface area contributed by atoms with Gasteiger partial charge in [-0.25, -0.2) is 0 Å². The first-order chi connectivity index (χ1) is 14.4. The zero-order valence-electron chi connectivity index (χ0n) is 18.7. The lowest BCUT2D eigenvalue weighted by Crippen LogP contribution is -2.28. The molecule has 0 aromatic heterocycles. The normalized spacial score (nSPS) is 15.4. The molecule has 1 N–H and O–H groups in total. The predicted molar refractivity (Wildman–Crippen MR) is 123 cm³/mol. The molecule has 0 unspecified atom stereocenters. The summed E-state index contributed by atoms with van der Waals surface area (Å²) in [6, 6.07) is 16.1. The van der Waals surface area contributed by atoms with Crippen molar-refractivity contribution in [2.45, 2.75) is 58.4 Å². The number of carbonyl (C=O) groups is 1. The summed E-state index contributed by atoms with van der Waals surface area (Å²) in [6.45, 7) is 10.8. The second-order valence-corrected chi connectivity index (χ2v) is 9.24. The molecule has 1 amide bonds. The van der Waals surface area contributed by atoms with Gasteiger partial charge in [0, 0.05) is 12.1 Å². The van der Waals surface area contributed by atoms with Gasteiger partial charge in [-0.05, 0) is 60.7 Å². The minimum Gasteiger partial charge on any atom is -0.491 e. The van der Waals surface area contributed by atoms with E-state index in [1.54, 1.807) is 0 Å². The molecule has 0 bridgehead atoms. The Bertz CT molecular complexity index is 801. The van der Waals surface area contributed by atoms with Gasteiger partial charge < -0.3 is 10.1 Å². The number of para-hydroxylation sites is 1. The van der Waals surface area contributed by atoms with Crippen LogP contribution in [-0.4, -0.2) is 37.0 Å². The van der Waals surface area contributed by atoms with Crippen molar-refractivity contribution in [1.82, 2.24) is 10.2 Å². The van der Waals surface area contributed by atoms with Crippen LogP contribution in [0.5, 0.6) is 5.75 Å². The van der Waals surface area contributed by atoms with E-state index in [0.717, 1.165) is 12.3 Å². The van der Waals surface area contributed by atoms with Crippen molar-refractivity contribution < 1.29 is 9.53 Å². The number of hydrogen-bond acceptors (Lipinski definition) is 3. The largest absolute Gasteiger partial charge is 0.491 e. The molecular formula is C26H36N2O2. The van der Waals surface area contributed by atoms with Crippen LogP contribution in [0.3, 0.4) is 0 Å². The van der Waals surface area contributed by atoms with Crippen molar-refractivity contribution in [2.24, 2.45) is 0 Å². The van der Waals surface area contributed by atoms with E-state index in [9.17, 15) is 4.79 Å². The molecule has 0 saturated carbocycles. The van der Waals surface area contributed by atoms with E-state index < -0.39 is 0 Å². The van der Waals surface area contributed by atoms with Gasteiger partial charge >= 0.3 is 0 Å². The van der Waals surface area contributed by atoms with Gasteiger partial charge in [-0.1, -0.05) is 63.9 Å². The van der Waals surface area contributed by atoms with E-state index in [2.05, 4.69) is 49.2 Å². The van der Waals surface area contributed by atoms with Crippen molar-refractivity contribution in [3.8, 4) is 5.75 Å². The molecule has 1 aliphatic heterocycles. The van der Waals surface area contributed by atoms with Crippen LogP contribution in [0, 0.1) is 0 Å². The van der Waals surface area contributed by atoms with Crippen LogP contribution in [0.1, 0.15) is 67.9 Å². The third-order valence-corrected chi connectivity index (χ3v) is 5.66. The van der Waals surface area contributed by atoms with E-state index in [0.29, 0.717) is 18.7 Å². The molecule has 0 radical (unpaired) electrons. The maximum absolute atomic E-state index is 12.5. The van der Waals surface area contributed by atoms with Gasteiger partial charge in [-0.2, -0.15) is 0 Å². The summed E-state index contributed by atoms with van der Waals surface area (Å²) < 4.78 is 5.94. The Labute approximate surface area is 181 Å². The fourth-order valence-corrected chi connectivity index (χ4v) is 3.95. The van der Waals surface area contributed by atoms with Gasteiger partial charge in [0.1, 0.15) is 12.4 Å². The van der Waals surface area contributed by atoms with Gasteiger partial charge in [0.15, 0.2) is 0 Å². The van der Waals surface area contributed by atoms with E-state index in [1.165, 1.54) is 49.9 Å². The predicted octanol–water partition coefficient (Wildman–Crippen LogP) is 5.17. The molecule has 162 valence electrons. The van der Waals surface area contributed by atoms with Crippen LogP contribution in [-0.2, 0) is 12.0 Å². The first-order valence-corrected chi connectivity index (χ1v) is 11.3. The number of likely N-dealkylation sites (tertiary alicyclic amines) is 1. The van der Waals surface area contributed by atoms with Gasteiger partial charge in [-0.3, -0.25) is 9.69 Å². The highest BCUT2D eigenvalue weighted by molar-refractivity contribution is 5.94. The SMILES string of the molecule is CC(C)(C)c1ccccc1OCCNC(=O)c1ccc(CN2CCCCCC2)cc1. The topological polar surface area (TPSA) is 41.6 Å². The fraction of sp³-hybridized carbons (Fsp3) is 0.500. The number of benzene rings is 2. The maximum atomic E-state index is 12.5. The molecule has 0 atom stereocenters. The highest BCUT2D eigenvalue weighted by Gasteiger charge is 2.18. The molecule has 30 heavy (non-hydrogen) atoms. The van der Waals surface area contributed by atoms with Crippen LogP contribution in [0.15, 0.2) is 48.5 Å².